The van der Waals surface area contributed by atoms with Crippen LogP contribution in [0.3, 0.4) is 0 Å². The normalized spacial score (nSPS) is 22.8. The maximum Gasteiger partial charge on any atom is 0.251 e. The third-order valence-electron chi connectivity index (χ3n) is 4.82. The lowest BCUT2D eigenvalue weighted by atomic mass is 10.1. The predicted octanol–water partition coefficient (Wildman–Crippen LogP) is 2.98. The highest BCUT2D eigenvalue weighted by atomic mass is 16.5. The van der Waals surface area contributed by atoms with Gasteiger partial charge >= 0.3 is 0 Å². The van der Waals surface area contributed by atoms with E-state index < -0.39 is 6.10 Å². The highest BCUT2D eigenvalue weighted by molar-refractivity contribution is 5.87. The standard InChI is InChI=1S/C18H32N2O3/c1-2-3-4-5-6-7-8-9-10-11-12-19-18(22)15-14-20-16(21)13-17(20)23-15/h15,17H,2-14H2,1H3,(H,19,22)/t15-,17+/m1/s1. The van der Waals surface area contributed by atoms with Crippen molar-refractivity contribution in [1.82, 2.24) is 10.2 Å². The first kappa shape index (κ1) is 18.2. The van der Waals surface area contributed by atoms with E-state index in [1.807, 2.05) is 0 Å². The molecule has 0 spiro atoms. The molecule has 0 aliphatic carbocycles. The molecule has 0 saturated carbocycles. The number of hydrogen-bond donors (Lipinski definition) is 1. The van der Waals surface area contributed by atoms with E-state index in [2.05, 4.69) is 12.2 Å². The highest BCUT2D eigenvalue weighted by Gasteiger charge is 2.47. The number of nitrogens with zero attached hydrogens (tertiary/aromatic N) is 1. The number of ether oxygens (including phenoxy) is 1. The average molecular weight is 324 g/mol. The summed E-state index contributed by atoms with van der Waals surface area (Å²) in [6.07, 6.45) is 12.8. The Hall–Kier alpha value is -1.10. The monoisotopic (exact) mass is 324 g/mol. The molecule has 2 atom stereocenters. The summed E-state index contributed by atoms with van der Waals surface area (Å²) in [7, 11) is 0. The third kappa shape index (κ3) is 5.79. The second-order valence-corrected chi connectivity index (χ2v) is 6.80. The molecule has 5 heteroatoms. The fraction of sp³-hybridized carbons (Fsp3) is 0.889. The fourth-order valence-corrected chi connectivity index (χ4v) is 3.26. The van der Waals surface area contributed by atoms with E-state index in [-0.39, 0.29) is 18.0 Å². The van der Waals surface area contributed by atoms with Crippen LogP contribution < -0.4 is 5.32 Å². The minimum atomic E-state index is -0.463. The lowest BCUT2D eigenvalue weighted by molar-refractivity contribution is -0.158. The quantitative estimate of drug-likeness (QED) is 0.443. The molecular formula is C18H32N2O3. The molecule has 2 fully saturated rings. The lowest BCUT2D eigenvalue weighted by Crippen LogP contribution is -2.48. The zero-order valence-corrected chi connectivity index (χ0v) is 14.5. The van der Waals surface area contributed by atoms with Crippen molar-refractivity contribution < 1.29 is 14.3 Å². The van der Waals surface area contributed by atoms with Crippen molar-refractivity contribution in [2.24, 2.45) is 0 Å². The number of hydrogen-bond acceptors (Lipinski definition) is 3. The van der Waals surface area contributed by atoms with Crippen LogP contribution in [0.2, 0.25) is 0 Å². The number of carbonyl (C=O) groups is 2. The van der Waals surface area contributed by atoms with E-state index in [0.29, 0.717) is 19.5 Å². The summed E-state index contributed by atoms with van der Waals surface area (Å²) in [6, 6.07) is 0. The largest absolute Gasteiger partial charge is 0.354 e. The first-order valence-electron chi connectivity index (χ1n) is 9.45. The van der Waals surface area contributed by atoms with Gasteiger partial charge in [-0.15, -0.1) is 0 Å². The molecule has 0 bridgehead atoms. The molecule has 2 aliphatic heterocycles. The van der Waals surface area contributed by atoms with Crippen LogP contribution in [0.1, 0.15) is 77.6 Å². The van der Waals surface area contributed by atoms with Crippen LogP contribution >= 0.6 is 0 Å². The van der Waals surface area contributed by atoms with Gasteiger partial charge in [0.15, 0.2) is 6.10 Å². The Balaban J connectivity index is 1.38. The maximum atomic E-state index is 12.0. The molecular weight excluding hydrogens is 292 g/mol. The van der Waals surface area contributed by atoms with Gasteiger partial charge < -0.3 is 15.0 Å². The predicted molar refractivity (Wildman–Crippen MR) is 89.8 cm³/mol. The van der Waals surface area contributed by atoms with Crippen molar-refractivity contribution in [2.45, 2.75) is 89.9 Å². The summed E-state index contributed by atoms with van der Waals surface area (Å²) < 4.78 is 5.54. The first-order valence-corrected chi connectivity index (χ1v) is 9.45. The summed E-state index contributed by atoms with van der Waals surface area (Å²) >= 11 is 0. The van der Waals surface area contributed by atoms with Crippen molar-refractivity contribution in [3.05, 3.63) is 0 Å². The number of carbonyl (C=O) groups excluding carboxylic acids is 2. The molecule has 2 amide bonds. The number of rotatable bonds is 12. The topological polar surface area (TPSA) is 58.6 Å². The Labute approximate surface area is 140 Å². The molecule has 2 aliphatic rings. The molecule has 23 heavy (non-hydrogen) atoms. The number of nitrogens with one attached hydrogen (secondary N) is 1. The van der Waals surface area contributed by atoms with Gasteiger partial charge in [-0.1, -0.05) is 64.7 Å². The van der Waals surface area contributed by atoms with Crippen molar-refractivity contribution in [3.63, 3.8) is 0 Å². The minimum Gasteiger partial charge on any atom is -0.354 e. The van der Waals surface area contributed by atoms with Gasteiger partial charge in [-0.3, -0.25) is 9.59 Å². The molecule has 0 aromatic heterocycles. The number of β-lactam (4-membered cyclic amide) rings is 1. The summed E-state index contributed by atoms with van der Waals surface area (Å²) in [4.78, 5) is 24.9. The van der Waals surface area contributed by atoms with Crippen LogP contribution in [0.4, 0.5) is 0 Å². The van der Waals surface area contributed by atoms with Crippen molar-refractivity contribution in [3.8, 4) is 0 Å². The molecule has 2 rings (SSSR count). The molecule has 2 saturated heterocycles. The summed E-state index contributed by atoms with van der Waals surface area (Å²) in [5, 5.41) is 2.93. The number of unbranched alkanes of at least 4 members (excludes halogenated alkanes) is 9. The van der Waals surface area contributed by atoms with Crippen molar-refractivity contribution >= 4 is 11.8 Å². The lowest BCUT2D eigenvalue weighted by Gasteiger charge is -2.31. The van der Waals surface area contributed by atoms with Gasteiger partial charge in [0, 0.05) is 6.54 Å². The Morgan fingerprint density at radius 1 is 1.09 bits per heavy atom. The van der Waals surface area contributed by atoms with Gasteiger partial charge in [0.25, 0.3) is 5.91 Å². The molecule has 0 radical (unpaired) electrons. The van der Waals surface area contributed by atoms with Gasteiger partial charge in [-0.05, 0) is 6.42 Å². The van der Waals surface area contributed by atoms with Crippen LogP contribution in [0, 0.1) is 0 Å². The van der Waals surface area contributed by atoms with E-state index >= 15 is 0 Å². The van der Waals surface area contributed by atoms with Gasteiger partial charge in [0.1, 0.15) is 6.23 Å². The smallest absolute Gasteiger partial charge is 0.251 e. The molecule has 0 aromatic carbocycles. The van der Waals surface area contributed by atoms with Crippen molar-refractivity contribution in [1.29, 1.82) is 0 Å². The van der Waals surface area contributed by atoms with E-state index in [9.17, 15) is 9.59 Å². The van der Waals surface area contributed by atoms with Crippen LogP contribution in [-0.4, -0.2) is 42.1 Å². The molecule has 0 unspecified atom stereocenters. The van der Waals surface area contributed by atoms with Gasteiger partial charge in [0.05, 0.1) is 13.0 Å². The minimum absolute atomic E-state index is 0.0666. The third-order valence-corrected chi connectivity index (χ3v) is 4.82. The second-order valence-electron chi connectivity index (χ2n) is 6.80. The molecule has 1 N–H and O–H groups in total. The van der Waals surface area contributed by atoms with Crippen LogP contribution in [0.25, 0.3) is 0 Å². The maximum absolute atomic E-state index is 12.0. The van der Waals surface area contributed by atoms with Crippen LogP contribution in [-0.2, 0) is 14.3 Å². The van der Waals surface area contributed by atoms with Crippen LogP contribution in [0.15, 0.2) is 0 Å². The average Bonchev–Trinajstić information content (AvgIpc) is 2.89. The van der Waals surface area contributed by atoms with Gasteiger partial charge in [0.2, 0.25) is 5.91 Å². The second kappa shape index (κ2) is 9.91. The van der Waals surface area contributed by atoms with E-state index in [1.165, 1.54) is 57.8 Å². The Morgan fingerprint density at radius 3 is 2.26 bits per heavy atom. The Bertz CT molecular complexity index is 386. The fourth-order valence-electron chi connectivity index (χ4n) is 3.26. The van der Waals surface area contributed by atoms with E-state index in [4.69, 9.17) is 4.74 Å². The number of fused-ring (bicyclic) bond motifs is 1. The Morgan fingerprint density at radius 2 is 1.70 bits per heavy atom. The summed E-state index contributed by atoms with van der Waals surface area (Å²) in [5.41, 5.74) is 0. The summed E-state index contributed by atoms with van der Waals surface area (Å²) in [5.74, 6) is 0.0307. The highest BCUT2D eigenvalue weighted by Crippen LogP contribution is 2.28. The molecule has 2 heterocycles. The van der Waals surface area contributed by atoms with Gasteiger partial charge in [-0.2, -0.15) is 0 Å². The van der Waals surface area contributed by atoms with Crippen LogP contribution in [0.5, 0.6) is 0 Å². The molecule has 132 valence electrons. The first-order chi connectivity index (χ1) is 11.2. The number of amides is 2. The van der Waals surface area contributed by atoms with E-state index in [0.717, 1.165) is 6.42 Å². The van der Waals surface area contributed by atoms with Gasteiger partial charge in [-0.25, -0.2) is 0 Å². The van der Waals surface area contributed by atoms with Crippen molar-refractivity contribution in [2.75, 3.05) is 13.1 Å². The van der Waals surface area contributed by atoms with E-state index in [1.54, 1.807) is 4.90 Å². The molecule has 0 aromatic rings. The Kier molecular flexibility index (Phi) is 7.86. The zero-order valence-electron chi connectivity index (χ0n) is 14.5. The summed E-state index contributed by atoms with van der Waals surface area (Å²) in [6.45, 7) is 3.39. The zero-order chi connectivity index (χ0) is 16.5. The SMILES string of the molecule is CCCCCCCCCCCCNC(=O)[C@H]1CN2C(=O)C[C@@H]2O1. The molecule has 5 nitrogen and oxygen atoms in total.